The zero-order valence-corrected chi connectivity index (χ0v) is 9.63. The first-order valence-electron chi connectivity index (χ1n) is 5.50. The fourth-order valence-electron chi connectivity index (χ4n) is 1.47. The number of nitrogens with one attached hydrogen (secondary N) is 1. The SMILES string of the molecule is CCNc1cnc(Cn2ccccc2=O)cn1. The molecule has 17 heavy (non-hydrogen) atoms. The Balaban J connectivity index is 2.14. The molecule has 1 N–H and O–H groups in total. The van der Waals surface area contributed by atoms with Crippen LogP contribution in [0.4, 0.5) is 5.82 Å². The molecule has 5 heteroatoms. The standard InChI is InChI=1S/C12H14N4O/c1-2-13-11-8-14-10(7-15-11)9-16-6-4-3-5-12(16)17/h3-8H,2,9H2,1H3,(H,13,15). The van der Waals surface area contributed by atoms with Gasteiger partial charge in [-0.2, -0.15) is 0 Å². The Morgan fingerprint density at radius 2 is 2.18 bits per heavy atom. The van der Waals surface area contributed by atoms with E-state index in [9.17, 15) is 4.79 Å². The van der Waals surface area contributed by atoms with Crippen LogP contribution in [0.3, 0.4) is 0 Å². The van der Waals surface area contributed by atoms with E-state index in [1.165, 1.54) is 6.07 Å². The quantitative estimate of drug-likeness (QED) is 0.855. The topological polar surface area (TPSA) is 59.8 Å². The minimum absolute atomic E-state index is 0.0370. The minimum Gasteiger partial charge on any atom is -0.369 e. The lowest BCUT2D eigenvalue weighted by atomic mass is 10.4. The van der Waals surface area contributed by atoms with Gasteiger partial charge < -0.3 is 9.88 Å². The molecule has 2 heterocycles. The monoisotopic (exact) mass is 230 g/mol. The maximum atomic E-state index is 11.5. The Labute approximate surface area is 99.2 Å². The summed E-state index contributed by atoms with van der Waals surface area (Å²) < 4.78 is 1.59. The molecule has 5 nitrogen and oxygen atoms in total. The number of aromatic nitrogens is 3. The molecule has 0 aromatic carbocycles. The van der Waals surface area contributed by atoms with E-state index >= 15 is 0 Å². The molecule has 0 unspecified atom stereocenters. The summed E-state index contributed by atoms with van der Waals surface area (Å²) in [7, 11) is 0. The van der Waals surface area contributed by atoms with E-state index in [0.717, 1.165) is 18.1 Å². The Bertz CT molecular complexity index is 533. The van der Waals surface area contributed by atoms with Gasteiger partial charge in [0.25, 0.3) is 5.56 Å². The van der Waals surface area contributed by atoms with Crippen LogP contribution in [0.25, 0.3) is 0 Å². The van der Waals surface area contributed by atoms with E-state index in [0.29, 0.717) is 6.54 Å². The first kappa shape index (κ1) is 11.3. The lowest BCUT2D eigenvalue weighted by Crippen LogP contribution is -2.19. The summed E-state index contributed by atoms with van der Waals surface area (Å²) in [6, 6.07) is 5.07. The third kappa shape index (κ3) is 2.90. The molecule has 0 atom stereocenters. The van der Waals surface area contributed by atoms with Crippen molar-refractivity contribution in [3.63, 3.8) is 0 Å². The van der Waals surface area contributed by atoms with E-state index in [4.69, 9.17) is 0 Å². The number of nitrogens with zero attached hydrogens (tertiary/aromatic N) is 3. The summed E-state index contributed by atoms with van der Waals surface area (Å²) in [4.78, 5) is 19.9. The largest absolute Gasteiger partial charge is 0.369 e. The van der Waals surface area contributed by atoms with Crippen LogP contribution in [0.15, 0.2) is 41.6 Å². The summed E-state index contributed by atoms with van der Waals surface area (Å²) >= 11 is 0. The van der Waals surface area contributed by atoms with Crippen LogP contribution >= 0.6 is 0 Å². The van der Waals surface area contributed by atoms with Crippen LogP contribution in [0.1, 0.15) is 12.6 Å². The molecule has 2 aromatic heterocycles. The van der Waals surface area contributed by atoms with Gasteiger partial charge >= 0.3 is 0 Å². The second-order valence-corrected chi connectivity index (χ2v) is 3.59. The maximum Gasteiger partial charge on any atom is 0.250 e. The van der Waals surface area contributed by atoms with Crippen molar-refractivity contribution in [1.29, 1.82) is 0 Å². The van der Waals surface area contributed by atoms with Crippen molar-refractivity contribution in [3.05, 3.63) is 52.8 Å². The molecular formula is C12H14N4O. The van der Waals surface area contributed by atoms with Crippen molar-refractivity contribution in [2.24, 2.45) is 0 Å². The highest BCUT2D eigenvalue weighted by Gasteiger charge is 1.99. The van der Waals surface area contributed by atoms with Crippen molar-refractivity contribution in [2.45, 2.75) is 13.5 Å². The van der Waals surface area contributed by atoms with Gasteiger partial charge in [0.1, 0.15) is 5.82 Å². The van der Waals surface area contributed by atoms with Crippen molar-refractivity contribution in [3.8, 4) is 0 Å². The van der Waals surface area contributed by atoms with Gasteiger partial charge in [-0.05, 0) is 13.0 Å². The van der Waals surface area contributed by atoms with Gasteiger partial charge in [0.2, 0.25) is 0 Å². The van der Waals surface area contributed by atoms with Crippen molar-refractivity contribution < 1.29 is 0 Å². The first-order chi connectivity index (χ1) is 8.29. The lowest BCUT2D eigenvalue weighted by Gasteiger charge is -2.05. The van der Waals surface area contributed by atoms with E-state index in [-0.39, 0.29) is 5.56 Å². The Hall–Kier alpha value is -2.17. The molecule has 0 bridgehead atoms. The molecule has 0 spiro atoms. The molecule has 0 aliphatic rings. The van der Waals surface area contributed by atoms with E-state index in [2.05, 4.69) is 15.3 Å². The second kappa shape index (κ2) is 5.25. The number of rotatable bonds is 4. The summed E-state index contributed by atoms with van der Waals surface area (Å²) in [5.74, 6) is 0.747. The van der Waals surface area contributed by atoms with Crippen LogP contribution in [0, 0.1) is 0 Å². The lowest BCUT2D eigenvalue weighted by molar-refractivity contribution is 0.735. The highest BCUT2D eigenvalue weighted by molar-refractivity contribution is 5.30. The third-order valence-corrected chi connectivity index (χ3v) is 2.29. The molecule has 0 saturated heterocycles. The van der Waals surface area contributed by atoms with Crippen molar-refractivity contribution in [2.75, 3.05) is 11.9 Å². The number of pyridine rings is 1. The Morgan fingerprint density at radius 1 is 1.29 bits per heavy atom. The third-order valence-electron chi connectivity index (χ3n) is 2.29. The average molecular weight is 230 g/mol. The van der Waals surface area contributed by atoms with E-state index in [1.54, 1.807) is 29.2 Å². The van der Waals surface area contributed by atoms with Gasteiger partial charge in [-0.15, -0.1) is 0 Å². The molecule has 0 aliphatic heterocycles. The smallest absolute Gasteiger partial charge is 0.250 e. The van der Waals surface area contributed by atoms with Crippen LogP contribution in [-0.2, 0) is 6.54 Å². The summed E-state index contributed by atoms with van der Waals surface area (Å²) in [6.07, 6.45) is 5.09. The second-order valence-electron chi connectivity index (χ2n) is 3.59. The number of hydrogen-bond acceptors (Lipinski definition) is 4. The zero-order chi connectivity index (χ0) is 12.1. The molecule has 88 valence electrons. The summed E-state index contributed by atoms with van der Waals surface area (Å²) in [6.45, 7) is 3.25. The molecule has 0 amide bonds. The highest BCUT2D eigenvalue weighted by Crippen LogP contribution is 2.01. The fourth-order valence-corrected chi connectivity index (χ4v) is 1.47. The molecule has 0 radical (unpaired) electrons. The fraction of sp³-hybridized carbons (Fsp3) is 0.250. The molecule has 0 aliphatic carbocycles. The average Bonchev–Trinajstić information content (AvgIpc) is 2.35. The Kier molecular flexibility index (Phi) is 3.49. The predicted octanol–water partition coefficient (Wildman–Crippen LogP) is 1.12. The Morgan fingerprint density at radius 3 is 2.82 bits per heavy atom. The van der Waals surface area contributed by atoms with E-state index < -0.39 is 0 Å². The molecular weight excluding hydrogens is 216 g/mol. The summed E-state index contributed by atoms with van der Waals surface area (Å²) in [5.41, 5.74) is 0.727. The van der Waals surface area contributed by atoms with Gasteiger partial charge in [-0.25, -0.2) is 4.98 Å². The minimum atomic E-state index is -0.0370. The van der Waals surface area contributed by atoms with Crippen molar-refractivity contribution in [1.82, 2.24) is 14.5 Å². The van der Waals surface area contributed by atoms with Crippen LogP contribution in [-0.4, -0.2) is 21.1 Å². The van der Waals surface area contributed by atoms with Gasteiger partial charge in [0.15, 0.2) is 0 Å². The molecule has 0 fully saturated rings. The summed E-state index contributed by atoms with van der Waals surface area (Å²) in [5, 5.41) is 3.07. The van der Waals surface area contributed by atoms with Crippen LogP contribution in [0.5, 0.6) is 0 Å². The highest BCUT2D eigenvalue weighted by atomic mass is 16.1. The number of hydrogen-bond donors (Lipinski definition) is 1. The van der Waals surface area contributed by atoms with Crippen LogP contribution < -0.4 is 10.9 Å². The number of anilines is 1. The van der Waals surface area contributed by atoms with Gasteiger partial charge in [0, 0.05) is 18.8 Å². The van der Waals surface area contributed by atoms with Gasteiger partial charge in [-0.3, -0.25) is 9.78 Å². The normalized spacial score (nSPS) is 10.2. The van der Waals surface area contributed by atoms with Crippen LogP contribution in [0.2, 0.25) is 0 Å². The van der Waals surface area contributed by atoms with Gasteiger partial charge in [-0.1, -0.05) is 6.07 Å². The zero-order valence-electron chi connectivity index (χ0n) is 9.63. The van der Waals surface area contributed by atoms with Gasteiger partial charge in [0.05, 0.1) is 24.6 Å². The van der Waals surface area contributed by atoms with E-state index in [1.807, 2.05) is 13.0 Å². The molecule has 0 saturated carbocycles. The predicted molar refractivity (Wildman–Crippen MR) is 66.0 cm³/mol. The van der Waals surface area contributed by atoms with Crippen molar-refractivity contribution >= 4 is 5.82 Å². The molecule has 2 aromatic rings. The maximum absolute atomic E-state index is 11.5. The first-order valence-corrected chi connectivity index (χ1v) is 5.50. The molecule has 2 rings (SSSR count).